The topological polar surface area (TPSA) is 84.9 Å². The highest BCUT2D eigenvalue weighted by atomic mass is 31.2. The van der Waals surface area contributed by atoms with Crippen LogP contribution in [0.5, 0.6) is 0 Å². The zero-order chi connectivity index (χ0) is 30.3. The zero-order valence-corrected chi connectivity index (χ0v) is 28.3. The number of allylic oxidation sites excluding steroid dienone is 1. The van der Waals surface area contributed by atoms with Gasteiger partial charge in [0.2, 0.25) is 0 Å². The molecule has 0 aromatic heterocycles. The largest absolute Gasteiger partial charge is 0.446 e. The maximum Gasteiger partial charge on any atom is 0.407 e. The lowest BCUT2D eigenvalue weighted by molar-refractivity contribution is -0.0582. The van der Waals surface area contributed by atoms with Crippen molar-refractivity contribution in [2.24, 2.45) is 46.3 Å². The van der Waals surface area contributed by atoms with E-state index in [2.05, 4.69) is 46.0 Å². The van der Waals surface area contributed by atoms with E-state index in [1.165, 1.54) is 58.0 Å². The van der Waals surface area contributed by atoms with E-state index in [-0.39, 0.29) is 29.8 Å². The normalized spacial score (nSPS) is 42.0. The second-order valence-corrected chi connectivity index (χ2v) is 17.9. The fraction of sp³-hybridized carbons (Fsp3) is 0.914. The van der Waals surface area contributed by atoms with Crippen LogP contribution >= 0.6 is 7.60 Å². The van der Waals surface area contributed by atoms with E-state index < -0.39 is 7.60 Å². The lowest BCUT2D eigenvalue weighted by Gasteiger charge is -2.58. The van der Waals surface area contributed by atoms with Crippen molar-refractivity contribution in [3.05, 3.63) is 11.6 Å². The van der Waals surface area contributed by atoms with Crippen molar-refractivity contribution in [3.8, 4) is 0 Å². The van der Waals surface area contributed by atoms with Crippen LogP contribution in [0.15, 0.2) is 11.6 Å². The summed E-state index contributed by atoms with van der Waals surface area (Å²) in [5.41, 5.74) is 2.32. The van der Waals surface area contributed by atoms with Gasteiger partial charge in [-0.3, -0.25) is 4.57 Å². The molecule has 0 aromatic rings. The first-order valence-electron chi connectivity index (χ1n) is 17.4. The Balaban J connectivity index is 1.14. The molecule has 5 rings (SSSR count). The van der Waals surface area contributed by atoms with Crippen LogP contribution in [0.3, 0.4) is 0 Å². The molecule has 2 N–H and O–H groups in total. The minimum atomic E-state index is -3.47. The minimum absolute atomic E-state index is 0.0421. The SMILES string of the molecule is CC(C)CCC[C@@H](C)[C@H]1CC[C@H]2[C@@H]3CC=C4C[C@@H](OC(=O)NC5CCC(OP(C)(=O)O)CC5)CC[C@]4(C)[C@H]3CC[C@]12C. The van der Waals surface area contributed by atoms with Crippen molar-refractivity contribution in [3.63, 3.8) is 0 Å². The van der Waals surface area contributed by atoms with E-state index in [0.29, 0.717) is 18.3 Å². The number of hydrogen-bond donors (Lipinski definition) is 2. The van der Waals surface area contributed by atoms with Crippen LogP contribution < -0.4 is 5.32 Å². The van der Waals surface area contributed by atoms with Gasteiger partial charge in [0.1, 0.15) is 6.10 Å². The van der Waals surface area contributed by atoms with E-state index >= 15 is 0 Å². The van der Waals surface area contributed by atoms with Gasteiger partial charge in [0.05, 0.1) is 6.10 Å². The van der Waals surface area contributed by atoms with Crippen molar-refractivity contribution < 1.29 is 23.5 Å². The van der Waals surface area contributed by atoms with Gasteiger partial charge in [-0.2, -0.15) is 0 Å². The van der Waals surface area contributed by atoms with E-state index in [9.17, 15) is 14.3 Å². The standard InChI is InChI=1S/C35H60NO5P/c1-23(2)8-7-9-24(3)30-16-17-31-29-15-10-25-22-28(18-20-34(25,4)32(29)19-21-35(30,31)5)40-33(37)36-26-11-13-27(14-12-26)41-42(6,38)39/h10,23-24,26-32H,7-9,11-22H2,1-6H3,(H,36,37)(H,38,39)/t24-,26?,27?,28+,29+,30-,31+,32+,34+,35-/m1/s1. The van der Waals surface area contributed by atoms with E-state index in [1.807, 2.05) is 0 Å². The lowest BCUT2D eigenvalue weighted by Crippen LogP contribution is -2.51. The third-order valence-electron chi connectivity index (χ3n) is 12.9. The molecule has 5 aliphatic rings. The molecule has 9 atom stereocenters. The van der Waals surface area contributed by atoms with Crippen LogP contribution in [0.2, 0.25) is 0 Å². The number of amides is 1. The Morgan fingerprint density at radius 3 is 2.43 bits per heavy atom. The summed E-state index contributed by atoms with van der Waals surface area (Å²) in [6, 6.07) is 0.0421. The molecule has 1 unspecified atom stereocenters. The Kier molecular flexibility index (Phi) is 9.98. The molecule has 0 spiro atoms. The number of rotatable bonds is 9. The summed E-state index contributed by atoms with van der Waals surface area (Å²) in [5.74, 6) is 5.01. The van der Waals surface area contributed by atoms with Crippen LogP contribution in [0, 0.1) is 46.3 Å². The number of nitrogens with one attached hydrogen (secondary N) is 1. The van der Waals surface area contributed by atoms with Gasteiger partial charge in [0.25, 0.3) is 0 Å². The van der Waals surface area contributed by atoms with E-state index in [1.54, 1.807) is 5.57 Å². The highest BCUT2D eigenvalue weighted by Crippen LogP contribution is 2.67. The molecular weight excluding hydrogens is 545 g/mol. The van der Waals surface area contributed by atoms with Crippen molar-refractivity contribution >= 4 is 13.7 Å². The maximum atomic E-state index is 12.8. The number of hydrogen-bond acceptors (Lipinski definition) is 4. The van der Waals surface area contributed by atoms with Crippen LogP contribution in [0.1, 0.15) is 131 Å². The average molecular weight is 606 g/mol. The Morgan fingerprint density at radius 1 is 1.00 bits per heavy atom. The van der Waals surface area contributed by atoms with Gasteiger partial charge in [0, 0.05) is 19.1 Å². The minimum Gasteiger partial charge on any atom is -0.446 e. The quantitative estimate of drug-likeness (QED) is 0.202. The molecule has 6 nitrogen and oxygen atoms in total. The molecule has 7 heteroatoms. The predicted molar refractivity (Wildman–Crippen MR) is 169 cm³/mol. The summed E-state index contributed by atoms with van der Waals surface area (Å²) < 4.78 is 22.8. The highest BCUT2D eigenvalue weighted by Gasteiger charge is 2.59. The highest BCUT2D eigenvalue weighted by molar-refractivity contribution is 7.51. The van der Waals surface area contributed by atoms with Gasteiger partial charge in [0.15, 0.2) is 0 Å². The van der Waals surface area contributed by atoms with Crippen LogP contribution in [0.25, 0.3) is 0 Å². The smallest absolute Gasteiger partial charge is 0.407 e. The average Bonchev–Trinajstić information content (AvgIpc) is 3.26. The molecule has 42 heavy (non-hydrogen) atoms. The Labute approximate surface area is 256 Å². The lowest BCUT2D eigenvalue weighted by atomic mass is 9.47. The first-order chi connectivity index (χ1) is 19.8. The van der Waals surface area contributed by atoms with Crippen LogP contribution in [0.4, 0.5) is 4.79 Å². The fourth-order valence-electron chi connectivity index (χ4n) is 10.7. The van der Waals surface area contributed by atoms with Gasteiger partial charge in [-0.25, -0.2) is 4.79 Å². The molecule has 0 saturated heterocycles. The molecule has 0 aromatic carbocycles. The third kappa shape index (κ3) is 7.02. The van der Waals surface area contributed by atoms with Crippen molar-refractivity contribution in [2.75, 3.05) is 6.66 Å². The molecular formula is C35H60NO5P. The summed E-state index contributed by atoms with van der Waals surface area (Å²) >= 11 is 0. The summed E-state index contributed by atoms with van der Waals surface area (Å²) in [4.78, 5) is 22.3. The number of carbonyl (C=O) groups excluding carboxylic acids is 1. The molecule has 0 heterocycles. The van der Waals surface area contributed by atoms with Gasteiger partial charge in [-0.05, 0) is 117 Å². The van der Waals surface area contributed by atoms with Gasteiger partial charge in [-0.15, -0.1) is 0 Å². The number of alkyl carbamates (subject to hydrolysis) is 1. The molecule has 1 amide bonds. The molecule has 5 aliphatic carbocycles. The first-order valence-corrected chi connectivity index (χ1v) is 19.5. The summed E-state index contributed by atoms with van der Waals surface area (Å²) in [7, 11) is -3.47. The molecule has 0 aliphatic heterocycles. The molecule has 4 fully saturated rings. The zero-order valence-electron chi connectivity index (χ0n) is 27.4. The monoisotopic (exact) mass is 605 g/mol. The number of ether oxygens (including phenoxy) is 1. The van der Waals surface area contributed by atoms with Gasteiger partial charge < -0.3 is 19.5 Å². The Bertz CT molecular complexity index is 1030. The summed E-state index contributed by atoms with van der Waals surface area (Å²) in [6.07, 6.45) is 18.8. The van der Waals surface area contributed by atoms with E-state index in [0.717, 1.165) is 67.6 Å². The Hall–Kier alpha value is -0.840. The van der Waals surface area contributed by atoms with Crippen molar-refractivity contribution in [2.45, 2.75) is 149 Å². The molecule has 4 saturated carbocycles. The summed E-state index contributed by atoms with van der Waals surface area (Å²) in [6.45, 7) is 13.7. The second-order valence-electron chi connectivity index (χ2n) is 16.1. The van der Waals surface area contributed by atoms with Crippen molar-refractivity contribution in [1.29, 1.82) is 0 Å². The second kappa shape index (κ2) is 12.9. The Morgan fingerprint density at radius 2 is 1.74 bits per heavy atom. The van der Waals surface area contributed by atoms with Gasteiger partial charge >= 0.3 is 13.7 Å². The molecule has 0 bridgehead atoms. The molecule has 0 radical (unpaired) electrons. The maximum absolute atomic E-state index is 12.8. The number of carbonyl (C=O) groups is 1. The third-order valence-corrected chi connectivity index (χ3v) is 13.6. The first kappa shape index (κ1) is 32.6. The van der Waals surface area contributed by atoms with Crippen LogP contribution in [-0.4, -0.2) is 35.9 Å². The van der Waals surface area contributed by atoms with Crippen molar-refractivity contribution in [1.82, 2.24) is 5.32 Å². The van der Waals surface area contributed by atoms with E-state index in [4.69, 9.17) is 9.26 Å². The van der Waals surface area contributed by atoms with Gasteiger partial charge in [-0.1, -0.05) is 65.5 Å². The predicted octanol–water partition coefficient (Wildman–Crippen LogP) is 9.27. The van der Waals surface area contributed by atoms with Crippen LogP contribution in [-0.2, 0) is 13.8 Å². The summed E-state index contributed by atoms with van der Waals surface area (Å²) in [5, 5.41) is 3.07. The number of fused-ring (bicyclic) bond motifs is 5. The fourth-order valence-corrected chi connectivity index (χ4v) is 11.5. The molecule has 240 valence electrons.